The third kappa shape index (κ3) is 2.66. The van der Waals surface area contributed by atoms with Crippen LogP contribution in [0.4, 0.5) is 0 Å². The number of halogens is 5. The van der Waals surface area contributed by atoms with Gasteiger partial charge in [-0.15, -0.1) is 0 Å². The number of aromatic nitrogens is 2. The van der Waals surface area contributed by atoms with Gasteiger partial charge in [-0.3, -0.25) is 0 Å². The molecule has 106 valence electrons. The van der Waals surface area contributed by atoms with E-state index in [4.69, 9.17) is 34.8 Å². The molecule has 2 aromatic rings. The maximum atomic E-state index is 6.23. The van der Waals surface area contributed by atoms with Crippen molar-refractivity contribution in [3.8, 4) is 5.69 Å². The third-order valence-corrected chi connectivity index (χ3v) is 5.90. The summed E-state index contributed by atoms with van der Waals surface area (Å²) in [6, 6.07) is 3.33. The van der Waals surface area contributed by atoms with Gasteiger partial charge in [0.15, 0.2) is 0 Å². The first-order valence-electron chi connectivity index (χ1n) is 5.88. The molecule has 0 amide bonds. The number of rotatable bonds is 2. The van der Waals surface area contributed by atoms with E-state index in [0.29, 0.717) is 26.7 Å². The van der Waals surface area contributed by atoms with Crippen LogP contribution in [-0.2, 0) is 0 Å². The lowest BCUT2D eigenvalue weighted by Gasteiger charge is -2.07. The molecule has 0 spiro atoms. The first kappa shape index (κ1) is 15.2. The molecule has 1 aliphatic carbocycles. The molecule has 20 heavy (non-hydrogen) atoms. The Labute approximate surface area is 148 Å². The zero-order valence-electron chi connectivity index (χ0n) is 10.3. The van der Waals surface area contributed by atoms with E-state index < -0.39 is 0 Å². The van der Waals surface area contributed by atoms with Gasteiger partial charge in [0.2, 0.25) is 0 Å². The Bertz CT molecular complexity index is 674. The van der Waals surface area contributed by atoms with E-state index >= 15 is 0 Å². The number of aryl methyl sites for hydroxylation is 1. The summed E-state index contributed by atoms with van der Waals surface area (Å²) >= 11 is 25.7. The maximum absolute atomic E-state index is 6.23. The zero-order chi connectivity index (χ0) is 14.7. The summed E-state index contributed by atoms with van der Waals surface area (Å²) in [5.41, 5.74) is 2.81. The number of benzene rings is 1. The summed E-state index contributed by atoms with van der Waals surface area (Å²) in [6.45, 7) is 1.98. The lowest BCUT2D eigenvalue weighted by atomic mass is 10.2. The van der Waals surface area contributed by atoms with Gasteiger partial charge in [0, 0.05) is 17.1 Å². The van der Waals surface area contributed by atoms with Crippen molar-refractivity contribution < 1.29 is 0 Å². The largest absolute Gasteiger partial charge is 0.237 e. The van der Waals surface area contributed by atoms with Crippen LogP contribution in [0.1, 0.15) is 23.6 Å². The summed E-state index contributed by atoms with van der Waals surface area (Å²) in [7, 11) is 0. The van der Waals surface area contributed by atoms with Gasteiger partial charge < -0.3 is 0 Å². The van der Waals surface area contributed by atoms with Crippen LogP contribution in [0.15, 0.2) is 18.3 Å². The number of hydrogen-bond acceptors (Lipinski definition) is 1. The predicted octanol–water partition coefficient (Wildman–Crippen LogP) is 6.11. The van der Waals surface area contributed by atoms with Crippen molar-refractivity contribution in [3.05, 3.63) is 44.7 Å². The average Bonchev–Trinajstić information content (AvgIpc) is 2.75. The highest BCUT2D eigenvalue weighted by Crippen LogP contribution is 2.62. The van der Waals surface area contributed by atoms with Crippen LogP contribution in [0.25, 0.3) is 5.69 Å². The second-order valence-corrected chi connectivity index (χ2v) is 10.00. The maximum Gasteiger partial charge on any atom is 0.102 e. The molecule has 0 N–H and O–H groups in total. The summed E-state index contributed by atoms with van der Waals surface area (Å²) < 4.78 is 1.71. The first-order valence-corrected chi connectivity index (χ1v) is 8.60. The van der Waals surface area contributed by atoms with Gasteiger partial charge in [-0.2, -0.15) is 5.10 Å². The fourth-order valence-electron chi connectivity index (χ4n) is 2.23. The third-order valence-electron chi connectivity index (χ3n) is 3.35. The van der Waals surface area contributed by atoms with E-state index in [1.807, 2.05) is 13.1 Å². The fraction of sp³-hybridized carbons (Fsp3) is 0.308. The van der Waals surface area contributed by atoms with E-state index in [1.165, 1.54) is 5.56 Å². The highest BCUT2D eigenvalue weighted by Gasteiger charge is 2.52. The van der Waals surface area contributed by atoms with Crippen molar-refractivity contribution in [2.24, 2.45) is 0 Å². The molecule has 7 heteroatoms. The molecule has 0 saturated heterocycles. The van der Waals surface area contributed by atoms with Crippen molar-refractivity contribution in [2.45, 2.75) is 22.5 Å². The van der Waals surface area contributed by atoms with Gasteiger partial charge in [-0.25, -0.2) is 4.68 Å². The van der Waals surface area contributed by atoms with Crippen molar-refractivity contribution in [2.75, 3.05) is 0 Å². The molecule has 1 fully saturated rings. The van der Waals surface area contributed by atoms with Crippen LogP contribution < -0.4 is 0 Å². The lowest BCUT2D eigenvalue weighted by Crippen LogP contribution is -1.97. The Morgan fingerprint density at radius 1 is 1.25 bits per heavy atom. The van der Waals surface area contributed by atoms with E-state index in [9.17, 15) is 0 Å². The second kappa shape index (κ2) is 5.17. The molecule has 1 heterocycles. The zero-order valence-corrected chi connectivity index (χ0v) is 15.7. The Balaban J connectivity index is 2.07. The van der Waals surface area contributed by atoms with E-state index in [2.05, 4.69) is 37.0 Å². The molecule has 3 rings (SSSR count). The minimum absolute atomic E-state index is 0.00773. The summed E-state index contributed by atoms with van der Waals surface area (Å²) in [5.74, 6) is 0.404. The Kier molecular flexibility index (Phi) is 3.92. The smallest absolute Gasteiger partial charge is 0.102 e. The molecule has 0 bridgehead atoms. The van der Waals surface area contributed by atoms with Crippen LogP contribution in [0.2, 0.25) is 15.1 Å². The van der Waals surface area contributed by atoms with Gasteiger partial charge in [-0.05, 0) is 31.0 Å². The second-order valence-electron chi connectivity index (χ2n) is 4.85. The molecule has 0 radical (unpaired) electrons. The Morgan fingerprint density at radius 2 is 1.80 bits per heavy atom. The molecule has 2 nitrogen and oxygen atoms in total. The molecule has 1 aromatic carbocycles. The van der Waals surface area contributed by atoms with Gasteiger partial charge in [0.25, 0.3) is 0 Å². The van der Waals surface area contributed by atoms with E-state index in [0.717, 1.165) is 12.1 Å². The Morgan fingerprint density at radius 3 is 2.30 bits per heavy atom. The molecule has 1 aliphatic rings. The average molecular weight is 459 g/mol. The van der Waals surface area contributed by atoms with Crippen LogP contribution in [-0.4, -0.2) is 13.0 Å². The number of alkyl halides is 2. The fourth-order valence-corrected chi connectivity index (χ4v) is 4.37. The molecular weight excluding hydrogens is 450 g/mol. The van der Waals surface area contributed by atoms with Crippen molar-refractivity contribution in [1.29, 1.82) is 0 Å². The summed E-state index contributed by atoms with van der Waals surface area (Å²) in [5, 5.41) is 6.00. The summed E-state index contributed by atoms with van der Waals surface area (Å²) in [6.07, 6.45) is 3.01. The Hall–Kier alpha value is 0.260. The van der Waals surface area contributed by atoms with Crippen molar-refractivity contribution in [3.63, 3.8) is 0 Å². The van der Waals surface area contributed by atoms with Gasteiger partial charge in [-0.1, -0.05) is 66.7 Å². The normalized spacial score (nSPS) is 20.2. The molecule has 1 atom stereocenters. The van der Waals surface area contributed by atoms with Crippen LogP contribution in [0, 0.1) is 6.92 Å². The monoisotopic (exact) mass is 456 g/mol. The highest BCUT2D eigenvalue weighted by molar-refractivity contribution is 9.25. The SMILES string of the molecule is Cc1nn(-c2c(Cl)cc(Cl)cc2Cl)cc1C1CC1(Br)Br. The minimum atomic E-state index is -0.00773. The first-order chi connectivity index (χ1) is 9.29. The van der Waals surface area contributed by atoms with Gasteiger partial charge in [0.1, 0.15) is 5.69 Å². The van der Waals surface area contributed by atoms with E-state index in [-0.39, 0.29) is 3.23 Å². The van der Waals surface area contributed by atoms with Crippen molar-refractivity contribution >= 4 is 66.7 Å². The van der Waals surface area contributed by atoms with Crippen LogP contribution in [0.5, 0.6) is 0 Å². The van der Waals surface area contributed by atoms with Crippen LogP contribution in [0.3, 0.4) is 0 Å². The molecule has 0 aliphatic heterocycles. The van der Waals surface area contributed by atoms with Gasteiger partial charge >= 0.3 is 0 Å². The molecule has 1 saturated carbocycles. The highest BCUT2D eigenvalue weighted by atomic mass is 79.9. The predicted molar refractivity (Wildman–Crippen MR) is 91.3 cm³/mol. The minimum Gasteiger partial charge on any atom is -0.237 e. The van der Waals surface area contributed by atoms with Gasteiger partial charge in [0.05, 0.1) is 19.0 Å². The quantitative estimate of drug-likeness (QED) is 0.496. The summed E-state index contributed by atoms with van der Waals surface area (Å²) in [4.78, 5) is 0. The van der Waals surface area contributed by atoms with E-state index in [1.54, 1.807) is 16.8 Å². The number of nitrogens with zero attached hydrogens (tertiary/aromatic N) is 2. The van der Waals surface area contributed by atoms with Crippen molar-refractivity contribution in [1.82, 2.24) is 9.78 Å². The molecule has 1 unspecified atom stereocenters. The molecular formula is C13H9Br2Cl3N2. The molecule has 1 aromatic heterocycles. The number of hydrogen-bond donors (Lipinski definition) is 0. The topological polar surface area (TPSA) is 17.8 Å². The lowest BCUT2D eigenvalue weighted by molar-refractivity contribution is 0.863. The standard InChI is InChI=1S/C13H9Br2Cl3N2/c1-6-8(9-4-13(9,14)15)5-20(19-6)12-10(17)2-7(16)3-11(12)18/h2-3,5,9H,4H2,1H3. The van der Waals surface area contributed by atoms with Crippen LogP contribution >= 0.6 is 66.7 Å².